The summed E-state index contributed by atoms with van der Waals surface area (Å²) in [7, 11) is 1.92. The molecule has 3 N–H and O–H groups in total. The Hall–Kier alpha value is -4.86. The summed E-state index contributed by atoms with van der Waals surface area (Å²) in [5, 5.41) is 37.9. The molecule has 2 heterocycles. The number of hydrogen-bond donors (Lipinski definition) is 3. The van der Waals surface area contributed by atoms with E-state index in [-0.39, 0.29) is 5.69 Å². The van der Waals surface area contributed by atoms with Crippen LogP contribution in [-0.2, 0) is 18.0 Å². The first kappa shape index (κ1) is 29.8. The Bertz CT molecular complexity index is 1880. The van der Waals surface area contributed by atoms with Crippen LogP contribution in [0.25, 0.3) is 5.69 Å². The van der Waals surface area contributed by atoms with Crippen LogP contribution in [0.3, 0.4) is 0 Å². The van der Waals surface area contributed by atoms with Crippen molar-refractivity contribution in [3.05, 3.63) is 155 Å². The fraction of sp³-hybridized carbons (Fsp3) is 0.216. The zero-order valence-electron chi connectivity index (χ0n) is 24.9. The van der Waals surface area contributed by atoms with E-state index in [9.17, 15) is 28.5 Å². The molecule has 46 heavy (non-hydrogen) atoms. The fourth-order valence-electron chi connectivity index (χ4n) is 7.30. The average molecular weight is 624 g/mol. The summed E-state index contributed by atoms with van der Waals surface area (Å²) < 4.78 is 43.7. The summed E-state index contributed by atoms with van der Waals surface area (Å²) in [6.07, 6.45) is -5.42. The molecule has 2 aliphatic rings. The lowest BCUT2D eigenvalue weighted by atomic mass is 9.63. The van der Waals surface area contributed by atoms with Crippen LogP contribution in [0, 0.1) is 5.92 Å². The minimum absolute atomic E-state index is 0.220. The summed E-state index contributed by atoms with van der Waals surface area (Å²) in [6.45, 7) is 0. The van der Waals surface area contributed by atoms with Gasteiger partial charge in [0.15, 0.2) is 5.69 Å². The van der Waals surface area contributed by atoms with Crippen LogP contribution < -0.4 is 4.90 Å². The normalized spacial score (nSPS) is 25.0. The van der Waals surface area contributed by atoms with Crippen molar-refractivity contribution in [3.8, 4) is 11.6 Å². The van der Waals surface area contributed by atoms with E-state index in [0.717, 1.165) is 32.8 Å². The van der Waals surface area contributed by atoms with Gasteiger partial charge in [0.1, 0.15) is 0 Å². The van der Waals surface area contributed by atoms with Gasteiger partial charge in [-0.15, -0.1) is 0 Å². The SMILES string of the molecule is CN1C(=CC2C(O)C(c3c(C(F)(F)F)nn(-c4ccccc4)c3O)C2O)C(Cc2ccccc2)(c2ccccc2)c2ccccc21. The number of hydrogen-bond acceptors (Lipinski definition) is 5. The number of para-hydroxylation sites is 2. The summed E-state index contributed by atoms with van der Waals surface area (Å²) >= 11 is 0. The average Bonchev–Trinajstić information content (AvgIpc) is 3.53. The predicted octanol–water partition coefficient (Wildman–Crippen LogP) is 6.59. The van der Waals surface area contributed by atoms with Crippen molar-refractivity contribution in [2.45, 2.75) is 36.1 Å². The van der Waals surface area contributed by atoms with E-state index in [4.69, 9.17) is 0 Å². The molecule has 1 aliphatic heterocycles. The molecule has 1 fully saturated rings. The molecule has 234 valence electrons. The number of aromatic hydroxyl groups is 1. The van der Waals surface area contributed by atoms with E-state index < -0.39 is 52.8 Å². The predicted molar refractivity (Wildman–Crippen MR) is 169 cm³/mol. The lowest BCUT2D eigenvalue weighted by Crippen LogP contribution is -2.53. The lowest BCUT2D eigenvalue weighted by Gasteiger charge is -2.46. The minimum Gasteiger partial charge on any atom is -0.493 e. The highest BCUT2D eigenvalue weighted by Crippen LogP contribution is 2.56. The molecule has 6 nitrogen and oxygen atoms in total. The number of alkyl halides is 3. The van der Waals surface area contributed by atoms with Crippen LogP contribution in [0.4, 0.5) is 18.9 Å². The molecule has 0 saturated heterocycles. The molecule has 0 spiro atoms. The van der Waals surface area contributed by atoms with Gasteiger partial charge in [-0.25, -0.2) is 4.68 Å². The van der Waals surface area contributed by atoms with Crippen molar-refractivity contribution in [2.24, 2.45) is 5.92 Å². The lowest BCUT2D eigenvalue weighted by molar-refractivity contribution is -0.145. The van der Waals surface area contributed by atoms with Gasteiger partial charge in [0.25, 0.3) is 0 Å². The number of nitrogens with zero attached hydrogens (tertiary/aromatic N) is 3. The standard InChI is InChI=1S/C37H32F3N3O3/c1-42-28-20-12-11-19-27(28)36(24-15-7-3-8-16-24,22-23-13-5-2-6-14-23)29(42)21-26-32(44)30(33(26)45)31-34(37(38,39)40)41-43(35(31)46)25-17-9-4-10-18-25/h2-21,26,30,32-33,44-46H,22H2,1H3. The van der Waals surface area contributed by atoms with Gasteiger partial charge in [-0.05, 0) is 41.3 Å². The molecule has 1 aliphatic carbocycles. The molecule has 9 heteroatoms. The molecular weight excluding hydrogens is 591 g/mol. The molecule has 4 aromatic carbocycles. The van der Waals surface area contributed by atoms with Gasteiger partial charge in [-0.3, -0.25) is 0 Å². The highest BCUT2D eigenvalue weighted by Gasteiger charge is 2.56. The molecule has 3 atom stereocenters. The molecule has 3 unspecified atom stereocenters. The van der Waals surface area contributed by atoms with Crippen molar-refractivity contribution < 1.29 is 28.5 Å². The zero-order valence-corrected chi connectivity index (χ0v) is 24.9. The monoisotopic (exact) mass is 623 g/mol. The van der Waals surface area contributed by atoms with Gasteiger partial charge < -0.3 is 20.2 Å². The summed E-state index contributed by atoms with van der Waals surface area (Å²) in [5.41, 5.74) is 2.41. The first-order chi connectivity index (χ1) is 22.1. The number of halogens is 3. The number of anilines is 1. The van der Waals surface area contributed by atoms with E-state index in [1.54, 1.807) is 24.3 Å². The van der Waals surface area contributed by atoms with Crippen molar-refractivity contribution in [3.63, 3.8) is 0 Å². The maximum atomic E-state index is 14.3. The van der Waals surface area contributed by atoms with Gasteiger partial charge in [0.2, 0.25) is 5.88 Å². The number of likely N-dealkylation sites (N-methyl/N-ethyl adjacent to an activating group) is 1. The van der Waals surface area contributed by atoms with Crippen LogP contribution in [-0.4, -0.2) is 44.4 Å². The Morgan fingerprint density at radius 3 is 2.00 bits per heavy atom. The van der Waals surface area contributed by atoms with Crippen molar-refractivity contribution >= 4 is 5.69 Å². The zero-order chi connectivity index (χ0) is 32.2. The van der Waals surface area contributed by atoms with Gasteiger partial charge in [0, 0.05) is 30.3 Å². The largest absolute Gasteiger partial charge is 0.493 e. The van der Waals surface area contributed by atoms with Crippen molar-refractivity contribution in [1.29, 1.82) is 0 Å². The Kier molecular flexibility index (Phi) is 7.25. The number of aliphatic hydroxyl groups excluding tert-OH is 2. The Balaban J connectivity index is 1.35. The van der Waals surface area contributed by atoms with Crippen LogP contribution >= 0.6 is 0 Å². The number of aromatic nitrogens is 2. The third-order valence-corrected chi connectivity index (χ3v) is 9.48. The van der Waals surface area contributed by atoms with Gasteiger partial charge in [0.05, 0.1) is 28.9 Å². The second-order valence-corrected chi connectivity index (χ2v) is 12.0. The number of fused-ring (bicyclic) bond motifs is 1. The van der Waals surface area contributed by atoms with E-state index in [0.29, 0.717) is 6.42 Å². The first-order valence-electron chi connectivity index (χ1n) is 15.1. The minimum atomic E-state index is -4.93. The number of allylic oxidation sites excluding steroid dienone is 1. The van der Waals surface area contributed by atoms with Crippen LogP contribution in [0.1, 0.15) is 33.9 Å². The van der Waals surface area contributed by atoms with E-state index in [2.05, 4.69) is 35.4 Å². The molecular formula is C37H32F3N3O3. The van der Waals surface area contributed by atoms with Crippen LogP contribution in [0.2, 0.25) is 0 Å². The number of benzene rings is 4. The van der Waals surface area contributed by atoms with E-state index in [1.807, 2.05) is 66.5 Å². The van der Waals surface area contributed by atoms with Gasteiger partial charge in [-0.2, -0.15) is 18.3 Å². The van der Waals surface area contributed by atoms with E-state index >= 15 is 0 Å². The first-order valence-corrected chi connectivity index (χ1v) is 15.1. The second kappa shape index (κ2) is 11.2. The topological polar surface area (TPSA) is 81.8 Å². The highest BCUT2D eigenvalue weighted by molar-refractivity contribution is 5.75. The molecule has 1 saturated carbocycles. The molecule has 0 radical (unpaired) electrons. The third kappa shape index (κ3) is 4.61. The Labute approximate surface area is 264 Å². The Morgan fingerprint density at radius 2 is 1.37 bits per heavy atom. The van der Waals surface area contributed by atoms with Gasteiger partial charge >= 0.3 is 6.18 Å². The maximum Gasteiger partial charge on any atom is 0.435 e. The molecule has 7 rings (SSSR count). The fourth-order valence-corrected chi connectivity index (χ4v) is 7.30. The smallest absolute Gasteiger partial charge is 0.435 e. The number of aliphatic hydroxyl groups is 2. The second-order valence-electron chi connectivity index (χ2n) is 12.0. The van der Waals surface area contributed by atoms with Crippen LogP contribution in [0.5, 0.6) is 5.88 Å². The Morgan fingerprint density at radius 1 is 0.804 bits per heavy atom. The van der Waals surface area contributed by atoms with E-state index in [1.165, 1.54) is 12.1 Å². The summed E-state index contributed by atoms with van der Waals surface area (Å²) in [4.78, 5) is 2.03. The summed E-state index contributed by atoms with van der Waals surface area (Å²) in [6, 6.07) is 36.0. The number of rotatable bonds is 6. The van der Waals surface area contributed by atoms with Crippen molar-refractivity contribution in [1.82, 2.24) is 9.78 Å². The quantitative estimate of drug-likeness (QED) is 0.199. The molecule has 1 aromatic heterocycles. The van der Waals surface area contributed by atoms with Crippen LogP contribution in [0.15, 0.2) is 127 Å². The third-order valence-electron chi connectivity index (χ3n) is 9.48. The summed E-state index contributed by atoms with van der Waals surface area (Å²) in [5.74, 6) is -3.10. The van der Waals surface area contributed by atoms with Gasteiger partial charge in [-0.1, -0.05) is 103 Å². The highest BCUT2D eigenvalue weighted by atomic mass is 19.4. The maximum absolute atomic E-state index is 14.3. The molecule has 0 amide bonds. The van der Waals surface area contributed by atoms with Crippen molar-refractivity contribution in [2.75, 3.05) is 11.9 Å². The molecule has 0 bridgehead atoms. The molecule has 5 aromatic rings.